The Hall–Kier alpha value is -2.54. The Morgan fingerprint density at radius 1 is 1.39 bits per heavy atom. The lowest BCUT2D eigenvalue weighted by Gasteiger charge is -2.03. The predicted octanol–water partition coefficient (Wildman–Crippen LogP) is 2.96. The van der Waals surface area contributed by atoms with E-state index in [2.05, 4.69) is 9.97 Å². The molecule has 0 aliphatic carbocycles. The highest BCUT2D eigenvalue weighted by Crippen LogP contribution is 2.17. The van der Waals surface area contributed by atoms with Crippen LogP contribution in [0.2, 0.25) is 0 Å². The van der Waals surface area contributed by atoms with Gasteiger partial charge < -0.3 is 9.30 Å². The van der Waals surface area contributed by atoms with Gasteiger partial charge in [0, 0.05) is 31.2 Å². The number of carbonyl (C=O) groups is 1. The normalized spacial score (nSPS) is 10.7. The zero-order valence-electron chi connectivity index (χ0n) is 12.4. The molecule has 1 aromatic carbocycles. The largest absolute Gasteiger partial charge is 0.453 e. The predicted molar refractivity (Wildman–Crippen MR) is 83.6 cm³/mol. The van der Waals surface area contributed by atoms with Crippen molar-refractivity contribution < 1.29 is 13.9 Å². The second-order valence-corrected chi connectivity index (χ2v) is 5.87. The number of aryl methyl sites for hydroxylation is 1. The van der Waals surface area contributed by atoms with E-state index in [1.165, 1.54) is 17.4 Å². The summed E-state index contributed by atoms with van der Waals surface area (Å²) in [6, 6.07) is 6.52. The number of hydrogen-bond donors (Lipinski definition) is 0. The van der Waals surface area contributed by atoms with Crippen LogP contribution in [-0.4, -0.2) is 20.5 Å². The first-order valence-corrected chi connectivity index (χ1v) is 7.82. The number of nitrogens with zero attached hydrogens (tertiary/aromatic N) is 3. The lowest BCUT2D eigenvalue weighted by Crippen LogP contribution is -2.08. The highest BCUT2D eigenvalue weighted by Gasteiger charge is 2.14. The molecule has 5 nitrogen and oxygen atoms in total. The fraction of sp³-hybridized carbons (Fsp3) is 0.188. The maximum atomic E-state index is 13.6. The minimum atomic E-state index is -0.510. The molecule has 2 aromatic heterocycles. The number of carbonyl (C=O) groups excluding carboxylic acids is 1. The zero-order valence-corrected chi connectivity index (χ0v) is 13.2. The first kappa shape index (κ1) is 15.4. The highest BCUT2D eigenvalue weighted by atomic mass is 32.1. The lowest BCUT2D eigenvalue weighted by molar-refractivity contribution is 0.0453. The third-order valence-electron chi connectivity index (χ3n) is 3.31. The molecule has 0 saturated carbocycles. The van der Waals surface area contributed by atoms with Gasteiger partial charge in [0.25, 0.3) is 0 Å². The van der Waals surface area contributed by atoms with Crippen molar-refractivity contribution in [1.29, 1.82) is 0 Å². The smallest absolute Gasteiger partial charge is 0.358 e. The second-order valence-electron chi connectivity index (χ2n) is 4.93. The Balaban J connectivity index is 1.63. The van der Waals surface area contributed by atoms with Gasteiger partial charge in [-0.3, -0.25) is 0 Å². The van der Waals surface area contributed by atoms with Gasteiger partial charge in [-0.05, 0) is 11.6 Å². The van der Waals surface area contributed by atoms with Crippen LogP contribution >= 0.6 is 11.3 Å². The summed E-state index contributed by atoms with van der Waals surface area (Å²) >= 11 is 1.31. The van der Waals surface area contributed by atoms with E-state index in [1.807, 2.05) is 7.05 Å². The number of imidazole rings is 1. The molecule has 0 bridgehead atoms. The van der Waals surface area contributed by atoms with Crippen LogP contribution in [0.1, 0.15) is 26.9 Å². The number of benzene rings is 1. The molecule has 0 N–H and O–H groups in total. The number of halogens is 1. The summed E-state index contributed by atoms with van der Waals surface area (Å²) in [5.74, 6) is -0.134. The van der Waals surface area contributed by atoms with Crippen LogP contribution in [0, 0.1) is 5.82 Å². The number of aromatic nitrogens is 3. The topological polar surface area (TPSA) is 57.0 Å². The van der Waals surface area contributed by atoms with Crippen LogP contribution in [0.15, 0.2) is 42.0 Å². The number of thiazole rings is 1. The second kappa shape index (κ2) is 6.70. The fourth-order valence-corrected chi connectivity index (χ4v) is 2.82. The summed E-state index contributed by atoms with van der Waals surface area (Å²) in [5.41, 5.74) is 0.783. The highest BCUT2D eigenvalue weighted by molar-refractivity contribution is 7.09. The third-order valence-corrected chi connectivity index (χ3v) is 4.16. The standard InChI is InChI=1S/C16H14FN3O2S/c1-20-7-6-18-14(20)9-22-16(21)13-10-23-15(19-13)8-11-4-2-3-5-12(11)17/h2-7,10H,8-9H2,1H3. The molecular weight excluding hydrogens is 317 g/mol. The molecule has 0 atom stereocenters. The molecule has 0 aliphatic heterocycles. The van der Waals surface area contributed by atoms with E-state index in [0.717, 1.165) is 0 Å². The Morgan fingerprint density at radius 2 is 2.22 bits per heavy atom. The van der Waals surface area contributed by atoms with E-state index in [4.69, 9.17) is 4.74 Å². The van der Waals surface area contributed by atoms with Gasteiger partial charge >= 0.3 is 5.97 Å². The van der Waals surface area contributed by atoms with Crippen LogP contribution in [-0.2, 0) is 24.8 Å². The average molecular weight is 331 g/mol. The monoisotopic (exact) mass is 331 g/mol. The molecule has 2 heterocycles. The molecule has 0 amide bonds. The molecule has 3 aromatic rings. The molecule has 3 rings (SSSR count). The Kier molecular flexibility index (Phi) is 4.47. The molecule has 7 heteroatoms. The summed E-state index contributed by atoms with van der Waals surface area (Å²) in [6.45, 7) is 0.0858. The summed E-state index contributed by atoms with van der Waals surface area (Å²) in [5, 5.41) is 2.29. The van der Waals surface area contributed by atoms with Crippen molar-refractivity contribution >= 4 is 17.3 Å². The quantitative estimate of drug-likeness (QED) is 0.675. The zero-order chi connectivity index (χ0) is 16.2. The first-order chi connectivity index (χ1) is 11.1. The molecule has 0 spiro atoms. The van der Waals surface area contributed by atoms with E-state index in [1.54, 1.807) is 40.5 Å². The Bertz CT molecular complexity index is 828. The Morgan fingerprint density at radius 3 is 2.96 bits per heavy atom. The average Bonchev–Trinajstić information content (AvgIpc) is 3.16. The van der Waals surface area contributed by atoms with Gasteiger partial charge in [-0.1, -0.05) is 18.2 Å². The summed E-state index contributed by atoms with van der Waals surface area (Å²) in [7, 11) is 1.82. The van der Waals surface area contributed by atoms with Crippen molar-refractivity contribution in [3.05, 3.63) is 69.9 Å². The van der Waals surface area contributed by atoms with Gasteiger partial charge in [-0.25, -0.2) is 19.2 Å². The van der Waals surface area contributed by atoms with E-state index in [-0.39, 0.29) is 18.1 Å². The van der Waals surface area contributed by atoms with Crippen molar-refractivity contribution in [3.63, 3.8) is 0 Å². The molecule has 0 fully saturated rings. The van der Waals surface area contributed by atoms with E-state index >= 15 is 0 Å². The number of ether oxygens (including phenoxy) is 1. The van der Waals surface area contributed by atoms with Gasteiger partial charge in [-0.2, -0.15) is 0 Å². The number of hydrogen-bond acceptors (Lipinski definition) is 5. The molecule has 23 heavy (non-hydrogen) atoms. The van der Waals surface area contributed by atoms with Gasteiger partial charge in [-0.15, -0.1) is 11.3 Å². The minimum absolute atomic E-state index is 0.0858. The summed E-state index contributed by atoms with van der Waals surface area (Å²) in [4.78, 5) is 20.3. The lowest BCUT2D eigenvalue weighted by atomic mass is 10.1. The third kappa shape index (κ3) is 3.62. The number of esters is 1. The van der Waals surface area contributed by atoms with Gasteiger partial charge in [0.15, 0.2) is 5.69 Å². The van der Waals surface area contributed by atoms with Crippen molar-refractivity contribution in [2.45, 2.75) is 13.0 Å². The SMILES string of the molecule is Cn1ccnc1COC(=O)c1csc(Cc2ccccc2F)n1. The molecule has 118 valence electrons. The van der Waals surface area contributed by atoms with Crippen LogP contribution in [0.5, 0.6) is 0 Å². The van der Waals surface area contributed by atoms with Crippen LogP contribution in [0.3, 0.4) is 0 Å². The maximum Gasteiger partial charge on any atom is 0.358 e. The Labute approximate surface area is 136 Å². The first-order valence-electron chi connectivity index (χ1n) is 6.94. The van der Waals surface area contributed by atoms with Crippen LogP contribution in [0.25, 0.3) is 0 Å². The van der Waals surface area contributed by atoms with Crippen molar-refractivity contribution in [2.75, 3.05) is 0 Å². The molecule has 0 aliphatic rings. The summed E-state index contributed by atoms with van der Waals surface area (Å²) in [6.07, 6.45) is 3.76. The molecule has 0 radical (unpaired) electrons. The number of rotatable bonds is 5. The summed E-state index contributed by atoms with van der Waals surface area (Å²) < 4.78 is 20.6. The van der Waals surface area contributed by atoms with Crippen molar-refractivity contribution in [2.24, 2.45) is 7.05 Å². The van der Waals surface area contributed by atoms with E-state index in [9.17, 15) is 9.18 Å². The van der Waals surface area contributed by atoms with Crippen LogP contribution < -0.4 is 0 Å². The maximum absolute atomic E-state index is 13.6. The van der Waals surface area contributed by atoms with Gasteiger partial charge in [0.05, 0.1) is 5.01 Å². The van der Waals surface area contributed by atoms with E-state index in [0.29, 0.717) is 22.8 Å². The van der Waals surface area contributed by atoms with Gasteiger partial charge in [0.1, 0.15) is 18.2 Å². The van der Waals surface area contributed by atoms with E-state index < -0.39 is 5.97 Å². The minimum Gasteiger partial charge on any atom is -0.453 e. The molecule has 0 unspecified atom stereocenters. The molecule has 0 saturated heterocycles. The van der Waals surface area contributed by atoms with Gasteiger partial charge in [0.2, 0.25) is 0 Å². The van der Waals surface area contributed by atoms with Crippen molar-refractivity contribution in [1.82, 2.24) is 14.5 Å². The van der Waals surface area contributed by atoms with Crippen molar-refractivity contribution in [3.8, 4) is 0 Å². The molecular formula is C16H14FN3O2S. The fourth-order valence-electron chi connectivity index (χ4n) is 2.03. The van der Waals surface area contributed by atoms with Crippen LogP contribution in [0.4, 0.5) is 4.39 Å².